The van der Waals surface area contributed by atoms with E-state index < -0.39 is 0 Å². The van der Waals surface area contributed by atoms with Crippen molar-refractivity contribution in [2.75, 3.05) is 26.2 Å². The van der Waals surface area contributed by atoms with Gasteiger partial charge < -0.3 is 16.0 Å². The van der Waals surface area contributed by atoms with E-state index in [0.717, 1.165) is 69.5 Å². The number of unbranched alkanes of at least 4 members (excludes halogenated alkanes) is 1. The summed E-state index contributed by atoms with van der Waals surface area (Å²) in [5.41, 5.74) is 5.59. The maximum Gasteiger partial charge on any atom is 0.224 e. The first kappa shape index (κ1) is 22.6. The number of nitrogens with two attached hydrogens (primary N) is 1. The Hall–Kier alpha value is -1.60. The van der Waals surface area contributed by atoms with E-state index in [-0.39, 0.29) is 29.5 Å². The molecule has 4 unspecified atom stereocenters. The van der Waals surface area contributed by atoms with E-state index in [1.807, 2.05) is 23.9 Å². The van der Waals surface area contributed by atoms with Crippen LogP contribution < -0.4 is 11.1 Å². The SMILES string of the molecule is NC(=O)C1C2CCC(C2)C1C(=O)NCCCCN1CCC(Sc2ccc(F)cc2)CC1. The van der Waals surface area contributed by atoms with Crippen LogP contribution in [0.3, 0.4) is 0 Å². The van der Waals surface area contributed by atoms with Gasteiger partial charge in [-0.25, -0.2) is 4.39 Å². The molecule has 3 N–H and O–H groups in total. The van der Waals surface area contributed by atoms with Crippen LogP contribution in [-0.2, 0) is 9.59 Å². The summed E-state index contributed by atoms with van der Waals surface area (Å²) in [5.74, 6) is -0.234. The average molecular weight is 448 g/mol. The van der Waals surface area contributed by atoms with Crippen LogP contribution in [0.15, 0.2) is 29.2 Å². The number of primary amides is 1. The molecule has 1 saturated heterocycles. The van der Waals surface area contributed by atoms with Crippen molar-refractivity contribution >= 4 is 23.6 Å². The quantitative estimate of drug-likeness (QED) is 0.569. The Labute approximate surface area is 188 Å². The molecule has 2 aliphatic carbocycles. The molecule has 0 aromatic heterocycles. The van der Waals surface area contributed by atoms with Crippen LogP contribution in [0.1, 0.15) is 44.9 Å². The molecule has 1 aliphatic heterocycles. The largest absolute Gasteiger partial charge is 0.369 e. The summed E-state index contributed by atoms with van der Waals surface area (Å²) in [7, 11) is 0. The van der Waals surface area contributed by atoms with Crippen LogP contribution in [0.2, 0.25) is 0 Å². The Kier molecular flexibility index (Phi) is 7.54. The highest BCUT2D eigenvalue weighted by Crippen LogP contribution is 2.52. The van der Waals surface area contributed by atoms with Crippen molar-refractivity contribution in [2.45, 2.75) is 55.1 Å². The first-order chi connectivity index (χ1) is 15.0. The summed E-state index contributed by atoms with van der Waals surface area (Å²) in [6.45, 7) is 3.92. The van der Waals surface area contributed by atoms with Gasteiger partial charge in [0.05, 0.1) is 11.8 Å². The number of thioether (sulfide) groups is 1. The van der Waals surface area contributed by atoms with Gasteiger partial charge in [-0.05, 0) is 101 Å². The van der Waals surface area contributed by atoms with Gasteiger partial charge in [0.25, 0.3) is 0 Å². The van der Waals surface area contributed by atoms with Gasteiger partial charge in [0.15, 0.2) is 0 Å². The molecule has 2 bridgehead atoms. The Morgan fingerprint density at radius 2 is 1.71 bits per heavy atom. The van der Waals surface area contributed by atoms with E-state index in [4.69, 9.17) is 5.73 Å². The smallest absolute Gasteiger partial charge is 0.224 e. The van der Waals surface area contributed by atoms with Crippen LogP contribution in [0.25, 0.3) is 0 Å². The van der Waals surface area contributed by atoms with Gasteiger partial charge in [0.1, 0.15) is 5.82 Å². The standard InChI is InChI=1S/C24H34FN3O2S/c25-18-5-7-19(8-6-18)31-20-9-13-28(14-10-20)12-2-1-11-27-24(30)22-17-4-3-16(15-17)21(22)23(26)29/h5-8,16-17,20-22H,1-4,9-15H2,(H2,26,29)(H,27,30). The number of hydrogen-bond acceptors (Lipinski definition) is 4. The fraction of sp³-hybridized carbons (Fsp3) is 0.667. The monoisotopic (exact) mass is 447 g/mol. The van der Waals surface area contributed by atoms with Crippen LogP contribution in [0.4, 0.5) is 4.39 Å². The molecule has 5 nitrogen and oxygen atoms in total. The van der Waals surface area contributed by atoms with Crippen molar-refractivity contribution in [3.8, 4) is 0 Å². The van der Waals surface area contributed by atoms with Crippen LogP contribution in [-0.4, -0.2) is 48.1 Å². The lowest BCUT2D eigenvalue weighted by atomic mass is 9.78. The Balaban J connectivity index is 1.10. The highest BCUT2D eigenvalue weighted by Gasteiger charge is 2.53. The van der Waals surface area contributed by atoms with Crippen molar-refractivity contribution in [1.29, 1.82) is 0 Å². The molecule has 3 fully saturated rings. The zero-order valence-electron chi connectivity index (χ0n) is 18.1. The number of carbonyl (C=O) groups excluding carboxylic acids is 2. The Bertz CT molecular complexity index is 767. The van der Waals surface area contributed by atoms with Crippen molar-refractivity contribution < 1.29 is 14.0 Å². The summed E-state index contributed by atoms with van der Waals surface area (Å²) in [4.78, 5) is 28.1. The van der Waals surface area contributed by atoms with Gasteiger partial charge in [0, 0.05) is 16.7 Å². The van der Waals surface area contributed by atoms with Gasteiger partial charge in [-0.2, -0.15) is 0 Å². The number of halogens is 1. The second-order valence-corrected chi connectivity index (χ2v) is 10.8. The van der Waals surface area contributed by atoms with Gasteiger partial charge >= 0.3 is 0 Å². The van der Waals surface area contributed by atoms with Crippen LogP contribution in [0, 0.1) is 29.5 Å². The zero-order valence-corrected chi connectivity index (χ0v) is 18.9. The first-order valence-corrected chi connectivity index (χ1v) is 12.6. The molecule has 0 radical (unpaired) electrons. The first-order valence-electron chi connectivity index (χ1n) is 11.7. The molecule has 4 rings (SSSR count). The third kappa shape index (κ3) is 5.61. The highest BCUT2D eigenvalue weighted by molar-refractivity contribution is 8.00. The number of likely N-dealkylation sites (tertiary alicyclic amines) is 1. The molecular formula is C24H34FN3O2S. The van der Waals surface area contributed by atoms with E-state index in [0.29, 0.717) is 23.6 Å². The van der Waals surface area contributed by atoms with Gasteiger partial charge in [0.2, 0.25) is 11.8 Å². The number of benzene rings is 1. The molecule has 170 valence electrons. The number of amides is 2. The third-order valence-electron chi connectivity index (χ3n) is 7.40. The number of nitrogens with one attached hydrogen (secondary N) is 1. The van der Waals surface area contributed by atoms with Crippen molar-refractivity contribution in [3.63, 3.8) is 0 Å². The number of rotatable bonds is 9. The van der Waals surface area contributed by atoms with Crippen molar-refractivity contribution in [2.24, 2.45) is 29.4 Å². The molecule has 1 aromatic carbocycles. The second-order valence-electron chi connectivity index (χ2n) is 9.40. The molecule has 2 amide bonds. The lowest BCUT2D eigenvalue weighted by Gasteiger charge is -2.31. The third-order valence-corrected chi connectivity index (χ3v) is 8.75. The molecule has 4 atom stereocenters. The van der Waals surface area contributed by atoms with Gasteiger partial charge in [-0.15, -0.1) is 11.8 Å². The Morgan fingerprint density at radius 3 is 2.39 bits per heavy atom. The molecule has 7 heteroatoms. The minimum Gasteiger partial charge on any atom is -0.369 e. The summed E-state index contributed by atoms with van der Waals surface area (Å²) in [5, 5.41) is 3.67. The molecular weight excluding hydrogens is 413 g/mol. The summed E-state index contributed by atoms with van der Waals surface area (Å²) < 4.78 is 13.0. The minimum absolute atomic E-state index is 0.0367. The molecule has 3 aliphatic rings. The van der Waals surface area contributed by atoms with Crippen molar-refractivity contribution in [1.82, 2.24) is 10.2 Å². The number of carbonyl (C=O) groups is 2. The number of piperidine rings is 1. The molecule has 31 heavy (non-hydrogen) atoms. The second kappa shape index (κ2) is 10.3. The zero-order chi connectivity index (χ0) is 21.8. The fourth-order valence-electron chi connectivity index (χ4n) is 5.82. The van der Waals surface area contributed by atoms with Gasteiger partial charge in [-0.3, -0.25) is 9.59 Å². The minimum atomic E-state index is -0.298. The lowest BCUT2D eigenvalue weighted by molar-refractivity contribution is -0.135. The average Bonchev–Trinajstić information content (AvgIpc) is 3.38. The van der Waals surface area contributed by atoms with E-state index in [2.05, 4.69) is 10.2 Å². The maximum absolute atomic E-state index is 13.0. The Morgan fingerprint density at radius 1 is 1.03 bits per heavy atom. The van der Waals surface area contributed by atoms with E-state index >= 15 is 0 Å². The van der Waals surface area contributed by atoms with Crippen molar-refractivity contribution in [3.05, 3.63) is 30.1 Å². The molecule has 0 spiro atoms. The molecule has 1 aromatic rings. The normalized spacial score (nSPS) is 28.7. The molecule has 1 heterocycles. The fourth-order valence-corrected chi connectivity index (χ4v) is 6.95. The van der Waals surface area contributed by atoms with Crippen LogP contribution in [0.5, 0.6) is 0 Å². The number of fused-ring (bicyclic) bond motifs is 2. The highest BCUT2D eigenvalue weighted by atomic mass is 32.2. The topological polar surface area (TPSA) is 75.4 Å². The van der Waals surface area contributed by atoms with E-state index in [9.17, 15) is 14.0 Å². The summed E-state index contributed by atoms with van der Waals surface area (Å²) >= 11 is 1.86. The lowest BCUT2D eigenvalue weighted by Crippen LogP contribution is -2.43. The van der Waals surface area contributed by atoms with Crippen LogP contribution >= 0.6 is 11.8 Å². The van der Waals surface area contributed by atoms with E-state index in [1.54, 1.807) is 0 Å². The van der Waals surface area contributed by atoms with Gasteiger partial charge in [-0.1, -0.05) is 0 Å². The predicted molar refractivity (Wildman–Crippen MR) is 121 cm³/mol. The predicted octanol–water partition coefficient (Wildman–Crippen LogP) is 3.43. The molecule has 2 saturated carbocycles. The number of hydrogen-bond donors (Lipinski definition) is 2. The maximum atomic E-state index is 13.0. The number of nitrogens with zero attached hydrogens (tertiary/aromatic N) is 1. The van der Waals surface area contributed by atoms with E-state index in [1.165, 1.54) is 12.1 Å². The summed E-state index contributed by atoms with van der Waals surface area (Å²) in [6, 6.07) is 6.79. The summed E-state index contributed by atoms with van der Waals surface area (Å²) in [6.07, 6.45) is 7.41.